The largest absolute Gasteiger partial charge is 0.465 e. The van der Waals surface area contributed by atoms with Crippen LogP contribution in [-0.4, -0.2) is 40.3 Å². The molecular formula is C10H11F3N4O2. The molecule has 2 N–H and O–H groups in total. The number of nitrogens with one attached hydrogen (secondary N) is 1. The lowest BCUT2D eigenvalue weighted by molar-refractivity contribution is -0.138. The fourth-order valence-corrected chi connectivity index (χ4v) is 1.87. The first-order valence-corrected chi connectivity index (χ1v) is 5.50. The van der Waals surface area contributed by atoms with Gasteiger partial charge in [0, 0.05) is 25.5 Å². The van der Waals surface area contributed by atoms with Crippen molar-refractivity contribution >= 4 is 12.0 Å². The molecule has 0 bridgehead atoms. The molecular weight excluding hydrogens is 265 g/mol. The van der Waals surface area contributed by atoms with E-state index in [2.05, 4.69) is 15.3 Å². The second kappa shape index (κ2) is 4.90. The van der Waals surface area contributed by atoms with E-state index in [0.717, 1.165) is 12.4 Å². The van der Waals surface area contributed by atoms with E-state index in [1.54, 1.807) is 4.90 Å². The number of carboxylic acid groups (broad SMARTS) is 1. The van der Waals surface area contributed by atoms with Crippen molar-refractivity contribution in [2.45, 2.75) is 18.6 Å². The van der Waals surface area contributed by atoms with Crippen molar-refractivity contribution in [1.29, 1.82) is 0 Å². The van der Waals surface area contributed by atoms with Gasteiger partial charge in [-0.25, -0.2) is 14.8 Å². The van der Waals surface area contributed by atoms with Gasteiger partial charge >= 0.3 is 12.3 Å². The number of rotatable bonds is 2. The quantitative estimate of drug-likeness (QED) is 0.852. The molecule has 0 aliphatic carbocycles. The number of carbonyl (C=O) groups is 1. The van der Waals surface area contributed by atoms with Gasteiger partial charge in [-0.1, -0.05) is 0 Å². The van der Waals surface area contributed by atoms with Crippen LogP contribution in [0, 0.1) is 0 Å². The number of hydrogen-bond donors (Lipinski definition) is 2. The highest BCUT2D eigenvalue weighted by atomic mass is 19.4. The summed E-state index contributed by atoms with van der Waals surface area (Å²) in [6.45, 7) is 0.841. The first-order chi connectivity index (χ1) is 8.86. The van der Waals surface area contributed by atoms with E-state index in [9.17, 15) is 18.0 Å². The third-order valence-corrected chi connectivity index (χ3v) is 2.76. The van der Waals surface area contributed by atoms with Crippen molar-refractivity contribution in [3.63, 3.8) is 0 Å². The molecule has 19 heavy (non-hydrogen) atoms. The predicted octanol–water partition coefficient (Wildman–Crippen LogP) is 1.34. The Balaban J connectivity index is 2.02. The zero-order chi connectivity index (χ0) is 14.0. The lowest BCUT2D eigenvalue weighted by Gasteiger charge is -2.16. The molecule has 1 aromatic rings. The van der Waals surface area contributed by atoms with Crippen LogP contribution >= 0.6 is 0 Å². The standard InChI is InChI=1S/C10H11F3N4O2/c11-10(12,13)6-3-14-8(15-4-6)17-2-1-7(5-17)16-9(18)19/h3-4,7,16H,1-2,5H2,(H,18,19)/t7-/m1/s1. The summed E-state index contributed by atoms with van der Waals surface area (Å²) in [5.74, 6) is 0.169. The molecule has 1 aliphatic heterocycles. The highest BCUT2D eigenvalue weighted by Crippen LogP contribution is 2.28. The molecule has 2 heterocycles. The number of aromatic nitrogens is 2. The molecule has 0 aromatic carbocycles. The molecule has 0 spiro atoms. The topological polar surface area (TPSA) is 78.4 Å². The zero-order valence-electron chi connectivity index (χ0n) is 9.68. The Morgan fingerprint density at radius 3 is 2.58 bits per heavy atom. The van der Waals surface area contributed by atoms with Crippen LogP contribution in [0.25, 0.3) is 0 Å². The zero-order valence-corrected chi connectivity index (χ0v) is 9.68. The monoisotopic (exact) mass is 276 g/mol. The summed E-state index contributed by atoms with van der Waals surface area (Å²) >= 11 is 0. The summed E-state index contributed by atoms with van der Waals surface area (Å²) in [5, 5.41) is 10.9. The maximum absolute atomic E-state index is 12.3. The Labute approximate surface area is 106 Å². The lowest BCUT2D eigenvalue weighted by atomic mass is 10.3. The van der Waals surface area contributed by atoms with E-state index in [0.29, 0.717) is 19.5 Å². The summed E-state index contributed by atoms with van der Waals surface area (Å²) in [7, 11) is 0. The number of anilines is 1. The van der Waals surface area contributed by atoms with Crippen LogP contribution in [0.2, 0.25) is 0 Å². The number of halogens is 3. The van der Waals surface area contributed by atoms with Gasteiger partial charge in [-0.3, -0.25) is 0 Å². The van der Waals surface area contributed by atoms with E-state index < -0.39 is 17.8 Å². The summed E-state index contributed by atoms with van der Waals surface area (Å²) in [4.78, 5) is 19.4. The molecule has 0 saturated carbocycles. The molecule has 0 unspecified atom stereocenters. The van der Waals surface area contributed by atoms with Gasteiger partial charge in [-0.15, -0.1) is 0 Å². The maximum atomic E-state index is 12.3. The molecule has 0 radical (unpaired) electrons. The van der Waals surface area contributed by atoms with Crippen molar-refractivity contribution < 1.29 is 23.1 Å². The molecule has 6 nitrogen and oxygen atoms in total. The molecule has 1 fully saturated rings. The Morgan fingerprint density at radius 2 is 2.05 bits per heavy atom. The third-order valence-electron chi connectivity index (χ3n) is 2.76. The van der Waals surface area contributed by atoms with Crippen LogP contribution in [0.1, 0.15) is 12.0 Å². The van der Waals surface area contributed by atoms with Crippen LogP contribution in [0.4, 0.5) is 23.9 Å². The fourth-order valence-electron chi connectivity index (χ4n) is 1.87. The van der Waals surface area contributed by atoms with Crippen LogP contribution in [0.15, 0.2) is 12.4 Å². The number of nitrogens with zero attached hydrogens (tertiary/aromatic N) is 3. The van der Waals surface area contributed by atoms with Crippen molar-refractivity contribution in [2.75, 3.05) is 18.0 Å². The molecule has 1 aromatic heterocycles. The second-order valence-corrected chi connectivity index (χ2v) is 4.15. The van der Waals surface area contributed by atoms with Crippen LogP contribution in [0.5, 0.6) is 0 Å². The predicted molar refractivity (Wildman–Crippen MR) is 58.8 cm³/mol. The Morgan fingerprint density at radius 1 is 1.42 bits per heavy atom. The van der Waals surface area contributed by atoms with Gasteiger partial charge in [0.2, 0.25) is 5.95 Å². The number of amides is 1. The summed E-state index contributed by atoms with van der Waals surface area (Å²) in [6.07, 6.45) is -3.58. The third kappa shape index (κ3) is 3.24. The second-order valence-electron chi connectivity index (χ2n) is 4.15. The minimum atomic E-state index is -4.46. The Hall–Kier alpha value is -2.06. The Kier molecular flexibility index (Phi) is 3.45. The molecule has 1 atom stereocenters. The smallest absolute Gasteiger partial charge is 0.419 e. The minimum absolute atomic E-state index is 0.169. The van der Waals surface area contributed by atoms with E-state index in [1.807, 2.05) is 0 Å². The number of alkyl halides is 3. The normalized spacial score (nSPS) is 19.5. The van der Waals surface area contributed by atoms with Crippen LogP contribution < -0.4 is 10.2 Å². The van der Waals surface area contributed by atoms with E-state index in [-0.39, 0.29) is 12.0 Å². The fraction of sp³-hybridized carbons (Fsp3) is 0.500. The summed E-state index contributed by atoms with van der Waals surface area (Å²) in [5.41, 5.74) is -0.907. The highest BCUT2D eigenvalue weighted by molar-refractivity contribution is 5.65. The van der Waals surface area contributed by atoms with Crippen LogP contribution in [-0.2, 0) is 6.18 Å². The molecule has 1 saturated heterocycles. The van der Waals surface area contributed by atoms with Gasteiger partial charge in [-0.2, -0.15) is 13.2 Å². The maximum Gasteiger partial charge on any atom is 0.419 e. The molecule has 2 rings (SSSR count). The molecule has 9 heteroatoms. The van der Waals surface area contributed by atoms with Crippen molar-refractivity contribution in [3.8, 4) is 0 Å². The van der Waals surface area contributed by atoms with Crippen molar-refractivity contribution in [2.24, 2.45) is 0 Å². The molecule has 1 amide bonds. The van der Waals surface area contributed by atoms with Crippen LogP contribution in [0.3, 0.4) is 0 Å². The average molecular weight is 276 g/mol. The van der Waals surface area contributed by atoms with Gasteiger partial charge in [-0.05, 0) is 6.42 Å². The first kappa shape index (κ1) is 13.4. The van der Waals surface area contributed by atoms with E-state index >= 15 is 0 Å². The average Bonchev–Trinajstić information content (AvgIpc) is 2.75. The van der Waals surface area contributed by atoms with E-state index in [1.165, 1.54) is 0 Å². The highest BCUT2D eigenvalue weighted by Gasteiger charge is 2.32. The Bertz CT molecular complexity index is 463. The van der Waals surface area contributed by atoms with Gasteiger partial charge in [0.1, 0.15) is 0 Å². The molecule has 104 valence electrons. The van der Waals surface area contributed by atoms with Gasteiger partial charge < -0.3 is 15.3 Å². The van der Waals surface area contributed by atoms with E-state index in [4.69, 9.17) is 5.11 Å². The van der Waals surface area contributed by atoms with Gasteiger partial charge in [0.05, 0.1) is 11.6 Å². The van der Waals surface area contributed by atoms with Crippen molar-refractivity contribution in [1.82, 2.24) is 15.3 Å². The van der Waals surface area contributed by atoms with Crippen molar-refractivity contribution in [3.05, 3.63) is 18.0 Å². The van der Waals surface area contributed by atoms with Gasteiger partial charge in [0.15, 0.2) is 0 Å². The summed E-state index contributed by atoms with van der Waals surface area (Å²) < 4.78 is 37.0. The number of hydrogen-bond acceptors (Lipinski definition) is 4. The van der Waals surface area contributed by atoms with Gasteiger partial charge in [0.25, 0.3) is 0 Å². The summed E-state index contributed by atoms with van der Waals surface area (Å²) in [6, 6.07) is -0.261. The first-order valence-electron chi connectivity index (χ1n) is 5.50. The minimum Gasteiger partial charge on any atom is -0.465 e. The lowest BCUT2D eigenvalue weighted by Crippen LogP contribution is -2.36. The SMILES string of the molecule is O=C(O)N[C@@H]1CCN(c2ncc(C(F)(F)F)cn2)C1. The molecule has 1 aliphatic rings.